The van der Waals surface area contributed by atoms with Crippen LogP contribution in [0.1, 0.15) is 196 Å². The first-order chi connectivity index (χ1) is 15.8. The lowest BCUT2D eigenvalue weighted by atomic mass is 10.0. The average Bonchev–Trinajstić information content (AvgIpc) is 2.75. The molecule has 0 saturated carbocycles. The summed E-state index contributed by atoms with van der Waals surface area (Å²) in [4.78, 5) is 0. The van der Waals surface area contributed by atoms with Gasteiger partial charge < -0.3 is 0 Å². The van der Waals surface area contributed by atoms with Crippen LogP contribution in [-0.2, 0) is 0 Å². The molecule has 0 N–H and O–H groups in total. The van der Waals surface area contributed by atoms with Gasteiger partial charge in [0.1, 0.15) is 0 Å². The van der Waals surface area contributed by atoms with Crippen LogP contribution in [0.15, 0.2) is 0 Å². The second-order valence-corrected chi connectivity index (χ2v) is 14.6. The quantitative estimate of drug-likeness (QED) is 0.110. The summed E-state index contributed by atoms with van der Waals surface area (Å²) >= 11 is 2.27. The zero-order chi connectivity index (χ0) is 24.7. The normalized spacial score (nSPS) is 12.5. The van der Waals surface area contributed by atoms with Crippen LogP contribution < -0.4 is 0 Å². The van der Waals surface area contributed by atoms with Crippen molar-refractivity contribution in [3.8, 4) is 0 Å². The molecule has 0 amide bonds. The predicted octanol–water partition coefficient (Wildman–Crippen LogP) is 12.7. The third-order valence-corrected chi connectivity index (χ3v) is 8.83. The van der Waals surface area contributed by atoms with Gasteiger partial charge in [0.25, 0.3) is 0 Å². The molecule has 0 aliphatic heterocycles. The van der Waals surface area contributed by atoms with E-state index in [1.807, 2.05) is 0 Å². The standard InChI is InChI=1S/C32H66S/c1-7-9-11-13-15-17-19-21-23-25-27-29-31(3,4)33-32(5,6)30-28-26-24-22-20-18-16-14-12-10-8-2/h7-30H2,1-6H3. The molecule has 0 atom stereocenters. The summed E-state index contributed by atoms with van der Waals surface area (Å²) in [5.74, 6) is 0. The summed E-state index contributed by atoms with van der Waals surface area (Å²) in [6.45, 7) is 14.6. The van der Waals surface area contributed by atoms with Gasteiger partial charge in [0.05, 0.1) is 0 Å². The fourth-order valence-electron chi connectivity index (χ4n) is 5.28. The van der Waals surface area contributed by atoms with Gasteiger partial charge in [-0.2, -0.15) is 0 Å². The topological polar surface area (TPSA) is 0 Å². The Balaban J connectivity index is 3.62. The highest BCUT2D eigenvalue weighted by Crippen LogP contribution is 2.42. The maximum absolute atomic E-state index is 2.50. The molecule has 0 heterocycles. The largest absolute Gasteiger partial charge is 0.149 e. The molecule has 0 aliphatic rings. The number of hydrogen-bond donors (Lipinski definition) is 0. The van der Waals surface area contributed by atoms with Crippen LogP contribution in [0.5, 0.6) is 0 Å². The van der Waals surface area contributed by atoms with Gasteiger partial charge in [0.15, 0.2) is 0 Å². The number of unbranched alkanes of at least 4 members (excludes halogenated alkanes) is 20. The van der Waals surface area contributed by atoms with E-state index in [0.717, 1.165) is 0 Å². The molecule has 0 saturated heterocycles. The Hall–Kier alpha value is 0.350. The monoisotopic (exact) mass is 482 g/mol. The van der Waals surface area contributed by atoms with Crippen molar-refractivity contribution in [1.82, 2.24) is 0 Å². The first-order valence-electron chi connectivity index (χ1n) is 15.5. The Morgan fingerprint density at radius 3 is 0.788 bits per heavy atom. The zero-order valence-electron chi connectivity index (χ0n) is 24.4. The first kappa shape index (κ1) is 33.4. The highest BCUT2D eigenvalue weighted by molar-refractivity contribution is 8.01. The van der Waals surface area contributed by atoms with Crippen LogP contribution in [-0.4, -0.2) is 9.49 Å². The van der Waals surface area contributed by atoms with Crippen molar-refractivity contribution in [3.63, 3.8) is 0 Å². The summed E-state index contributed by atoms with van der Waals surface area (Å²) in [6.07, 6.45) is 34.6. The fourth-order valence-corrected chi connectivity index (χ4v) is 7.27. The molecule has 200 valence electrons. The highest BCUT2D eigenvalue weighted by atomic mass is 32.2. The van der Waals surface area contributed by atoms with Gasteiger partial charge in [-0.1, -0.05) is 183 Å². The Morgan fingerprint density at radius 2 is 0.545 bits per heavy atom. The Bertz CT molecular complexity index is 348. The number of hydrogen-bond acceptors (Lipinski definition) is 1. The smallest absolute Gasteiger partial charge is 0.0109 e. The van der Waals surface area contributed by atoms with Gasteiger partial charge in [0, 0.05) is 9.49 Å². The zero-order valence-corrected chi connectivity index (χ0v) is 25.2. The Morgan fingerprint density at radius 1 is 0.333 bits per heavy atom. The Labute approximate surface area is 216 Å². The van der Waals surface area contributed by atoms with E-state index in [1.165, 1.54) is 154 Å². The SMILES string of the molecule is CCCCCCCCCCCCCC(C)(C)SC(C)(C)CCCCCCCCCCCCC. The van der Waals surface area contributed by atoms with Crippen LogP contribution in [0.2, 0.25) is 0 Å². The molecule has 1 heteroatoms. The van der Waals surface area contributed by atoms with Crippen LogP contribution >= 0.6 is 11.8 Å². The van der Waals surface area contributed by atoms with Gasteiger partial charge in [0.2, 0.25) is 0 Å². The van der Waals surface area contributed by atoms with E-state index >= 15 is 0 Å². The van der Waals surface area contributed by atoms with Gasteiger partial charge in [-0.05, 0) is 12.8 Å². The molecule has 0 bridgehead atoms. The first-order valence-corrected chi connectivity index (χ1v) is 16.3. The molecule has 0 spiro atoms. The summed E-state index contributed by atoms with van der Waals surface area (Å²) in [7, 11) is 0. The lowest BCUT2D eigenvalue weighted by Crippen LogP contribution is -2.26. The molecule has 0 radical (unpaired) electrons. The minimum absolute atomic E-state index is 0.431. The summed E-state index contributed by atoms with van der Waals surface area (Å²) in [6, 6.07) is 0. The second-order valence-electron chi connectivity index (χ2n) is 12.2. The van der Waals surface area contributed by atoms with Gasteiger partial charge in [-0.3, -0.25) is 0 Å². The molecule has 0 aromatic rings. The van der Waals surface area contributed by atoms with Crippen LogP contribution in [0.4, 0.5) is 0 Å². The van der Waals surface area contributed by atoms with Crippen molar-refractivity contribution in [2.45, 2.75) is 205 Å². The second kappa shape index (κ2) is 22.8. The minimum Gasteiger partial charge on any atom is -0.149 e. The lowest BCUT2D eigenvalue weighted by Gasteiger charge is -2.35. The Kier molecular flexibility index (Phi) is 23.0. The molecule has 0 aliphatic carbocycles. The van der Waals surface area contributed by atoms with Gasteiger partial charge in [-0.25, -0.2) is 0 Å². The van der Waals surface area contributed by atoms with Crippen molar-refractivity contribution in [2.24, 2.45) is 0 Å². The minimum atomic E-state index is 0.431. The molecule has 0 fully saturated rings. The molecule has 33 heavy (non-hydrogen) atoms. The fraction of sp³-hybridized carbons (Fsp3) is 1.00. The van der Waals surface area contributed by atoms with Crippen molar-refractivity contribution in [1.29, 1.82) is 0 Å². The van der Waals surface area contributed by atoms with Crippen LogP contribution in [0, 0.1) is 0 Å². The molecule has 0 aromatic heterocycles. The van der Waals surface area contributed by atoms with E-state index in [2.05, 4.69) is 53.3 Å². The van der Waals surface area contributed by atoms with E-state index in [9.17, 15) is 0 Å². The molecule has 0 nitrogen and oxygen atoms in total. The predicted molar refractivity (Wildman–Crippen MR) is 158 cm³/mol. The van der Waals surface area contributed by atoms with E-state index in [1.54, 1.807) is 0 Å². The van der Waals surface area contributed by atoms with Crippen LogP contribution in [0.25, 0.3) is 0 Å². The summed E-state index contributed by atoms with van der Waals surface area (Å²) < 4.78 is 0.862. The van der Waals surface area contributed by atoms with E-state index in [4.69, 9.17) is 0 Å². The summed E-state index contributed by atoms with van der Waals surface area (Å²) in [5.41, 5.74) is 0. The van der Waals surface area contributed by atoms with Crippen molar-refractivity contribution in [2.75, 3.05) is 0 Å². The molecule has 0 aromatic carbocycles. The maximum atomic E-state index is 2.50. The van der Waals surface area contributed by atoms with E-state index in [0.29, 0.717) is 9.49 Å². The average molecular weight is 483 g/mol. The number of rotatable bonds is 26. The van der Waals surface area contributed by atoms with Crippen molar-refractivity contribution >= 4 is 11.8 Å². The van der Waals surface area contributed by atoms with Crippen molar-refractivity contribution in [3.05, 3.63) is 0 Å². The summed E-state index contributed by atoms with van der Waals surface area (Å²) in [5, 5.41) is 0. The molecule has 0 rings (SSSR count). The number of thioether (sulfide) groups is 1. The third-order valence-electron chi connectivity index (χ3n) is 7.32. The van der Waals surface area contributed by atoms with Crippen molar-refractivity contribution < 1.29 is 0 Å². The molecule has 0 unspecified atom stereocenters. The third kappa shape index (κ3) is 25.3. The molecular weight excluding hydrogens is 416 g/mol. The highest BCUT2D eigenvalue weighted by Gasteiger charge is 2.28. The van der Waals surface area contributed by atoms with Gasteiger partial charge >= 0.3 is 0 Å². The van der Waals surface area contributed by atoms with E-state index in [-0.39, 0.29) is 0 Å². The maximum Gasteiger partial charge on any atom is 0.0109 e. The lowest BCUT2D eigenvalue weighted by molar-refractivity contribution is 0.507. The molecular formula is C32H66S. The van der Waals surface area contributed by atoms with E-state index < -0.39 is 0 Å². The van der Waals surface area contributed by atoms with Crippen LogP contribution in [0.3, 0.4) is 0 Å². The van der Waals surface area contributed by atoms with Gasteiger partial charge in [-0.15, -0.1) is 11.8 Å².